The van der Waals surface area contributed by atoms with Crippen LogP contribution in [0.4, 0.5) is 0 Å². The molecule has 0 spiro atoms. The third-order valence-corrected chi connectivity index (χ3v) is 8.47. The summed E-state index contributed by atoms with van der Waals surface area (Å²) < 4.78 is 27.7. The Bertz CT molecular complexity index is 1430. The molecule has 1 heterocycles. The molecule has 1 aliphatic carbocycles. The molecule has 0 aromatic heterocycles. The molecule has 2 atom stereocenters. The number of hydrazone groups is 1. The first-order valence-corrected chi connectivity index (χ1v) is 14.2. The molecule has 0 saturated heterocycles. The van der Waals surface area contributed by atoms with Crippen LogP contribution in [0.15, 0.2) is 100 Å². The van der Waals surface area contributed by atoms with E-state index in [1.165, 1.54) is 17.7 Å². The number of benzene rings is 3. The Labute approximate surface area is 218 Å². The van der Waals surface area contributed by atoms with Crippen LogP contribution < -0.4 is 4.72 Å². The van der Waals surface area contributed by atoms with Crippen molar-refractivity contribution in [3.05, 3.63) is 107 Å². The van der Waals surface area contributed by atoms with Crippen molar-refractivity contribution in [1.82, 2.24) is 9.73 Å². The molecule has 2 aliphatic rings. The van der Waals surface area contributed by atoms with Crippen molar-refractivity contribution >= 4 is 27.7 Å². The van der Waals surface area contributed by atoms with Gasteiger partial charge in [0.2, 0.25) is 10.0 Å². The number of rotatable bonds is 6. The zero-order chi connectivity index (χ0) is 26.0. The number of hydrogen-bond acceptors (Lipinski definition) is 4. The molecule has 1 saturated carbocycles. The number of carbonyl (C=O) groups excluding carboxylic acids is 1. The Morgan fingerprint density at radius 3 is 2.27 bits per heavy atom. The van der Waals surface area contributed by atoms with Crippen molar-refractivity contribution in [2.75, 3.05) is 0 Å². The summed E-state index contributed by atoms with van der Waals surface area (Å²) in [6.45, 7) is 3.54. The summed E-state index contributed by atoms with van der Waals surface area (Å²) in [5, 5.41) is 6.54. The average Bonchev–Trinajstić information content (AvgIpc) is 3.29. The Kier molecular flexibility index (Phi) is 7.09. The Balaban J connectivity index is 1.51. The summed E-state index contributed by atoms with van der Waals surface area (Å²) in [4.78, 5) is 13.9. The van der Waals surface area contributed by atoms with E-state index >= 15 is 0 Å². The lowest BCUT2D eigenvalue weighted by molar-refractivity contribution is 0.0680. The van der Waals surface area contributed by atoms with E-state index in [0.717, 1.165) is 36.1 Å². The minimum absolute atomic E-state index is 0.102. The van der Waals surface area contributed by atoms with Crippen LogP contribution in [0.1, 0.15) is 60.6 Å². The zero-order valence-corrected chi connectivity index (χ0v) is 21.9. The summed E-state index contributed by atoms with van der Waals surface area (Å²) in [6, 6.07) is 25.9. The van der Waals surface area contributed by atoms with Gasteiger partial charge in [0.15, 0.2) is 0 Å². The van der Waals surface area contributed by atoms with Gasteiger partial charge in [-0.1, -0.05) is 60.7 Å². The van der Waals surface area contributed by atoms with Gasteiger partial charge >= 0.3 is 0 Å². The number of sulfonamides is 1. The van der Waals surface area contributed by atoms with E-state index in [0.29, 0.717) is 5.56 Å². The van der Waals surface area contributed by atoms with E-state index in [-0.39, 0.29) is 28.8 Å². The predicted octanol–water partition coefficient (Wildman–Crippen LogP) is 5.81. The fraction of sp³-hybridized carbons (Fsp3) is 0.267. The molecule has 7 heteroatoms. The fourth-order valence-corrected chi connectivity index (χ4v) is 6.44. The van der Waals surface area contributed by atoms with Crippen LogP contribution in [0.3, 0.4) is 0 Å². The van der Waals surface area contributed by atoms with E-state index in [2.05, 4.69) is 22.9 Å². The van der Waals surface area contributed by atoms with Gasteiger partial charge in [0, 0.05) is 17.5 Å². The van der Waals surface area contributed by atoms with E-state index in [1.54, 1.807) is 31.0 Å². The maximum Gasteiger partial charge on any atom is 0.274 e. The number of nitrogens with zero attached hydrogens (tertiary/aromatic N) is 2. The standard InChI is InChI=1S/C30H31N3O3S/c1-21(2)32-37(35,36)26-18-16-24(17-19-26)30(34)33-29(23-12-7-4-8-13-23)27-15-9-14-25(28(27)31-33)20-22-10-5-3-6-11-22/h3-8,10-13,16-21,27,29,32H,9,14-15H2,1-2H3. The van der Waals surface area contributed by atoms with Crippen molar-refractivity contribution in [2.45, 2.75) is 50.1 Å². The average molecular weight is 514 g/mol. The highest BCUT2D eigenvalue weighted by Crippen LogP contribution is 2.44. The highest BCUT2D eigenvalue weighted by atomic mass is 32.2. The monoisotopic (exact) mass is 513 g/mol. The molecule has 3 aromatic carbocycles. The van der Waals surface area contributed by atoms with Crippen LogP contribution in [0.2, 0.25) is 0 Å². The zero-order valence-electron chi connectivity index (χ0n) is 21.0. The molecule has 6 nitrogen and oxygen atoms in total. The lowest BCUT2D eigenvalue weighted by Crippen LogP contribution is -2.32. The van der Waals surface area contributed by atoms with Crippen LogP contribution in [0.5, 0.6) is 0 Å². The van der Waals surface area contributed by atoms with Gasteiger partial charge in [0.05, 0.1) is 16.6 Å². The summed E-state index contributed by atoms with van der Waals surface area (Å²) in [7, 11) is -3.64. The van der Waals surface area contributed by atoms with Gasteiger partial charge < -0.3 is 0 Å². The topological polar surface area (TPSA) is 78.8 Å². The van der Waals surface area contributed by atoms with Gasteiger partial charge in [-0.2, -0.15) is 5.10 Å². The number of hydrogen-bond donors (Lipinski definition) is 1. The molecule has 2 unspecified atom stereocenters. The first-order valence-electron chi connectivity index (χ1n) is 12.7. The van der Waals surface area contributed by atoms with Crippen LogP contribution in [0, 0.1) is 5.92 Å². The summed E-state index contributed by atoms with van der Waals surface area (Å²) in [5.74, 6) is -0.138. The molecule has 1 N–H and O–H groups in total. The van der Waals surface area contributed by atoms with Crippen molar-refractivity contribution in [3.8, 4) is 0 Å². The number of allylic oxidation sites excluding steroid dienone is 1. The fourth-order valence-electron chi connectivity index (χ4n) is 5.19. The Morgan fingerprint density at radius 2 is 1.62 bits per heavy atom. The molecule has 1 amide bonds. The molecule has 0 radical (unpaired) electrons. The van der Waals surface area contributed by atoms with E-state index < -0.39 is 10.0 Å². The minimum Gasteiger partial charge on any atom is -0.267 e. The third-order valence-electron chi connectivity index (χ3n) is 6.79. The van der Waals surface area contributed by atoms with Gasteiger partial charge in [-0.05, 0) is 80.2 Å². The number of nitrogens with one attached hydrogen (secondary N) is 1. The summed E-state index contributed by atoms with van der Waals surface area (Å²) >= 11 is 0. The van der Waals surface area contributed by atoms with Crippen molar-refractivity contribution in [1.29, 1.82) is 0 Å². The second kappa shape index (κ2) is 10.4. The van der Waals surface area contributed by atoms with Gasteiger partial charge in [-0.3, -0.25) is 4.79 Å². The maximum absolute atomic E-state index is 13.8. The predicted molar refractivity (Wildman–Crippen MR) is 146 cm³/mol. The van der Waals surface area contributed by atoms with Crippen LogP contribution in [-0.4, -0.2) is 31.1 Å². The SMILES string of the molecule is CC(C)NS(=O)(=O)c1ccc(C(=O)N2N=C3C(=Cc4ccccc4)CCCC3C2c2ccccc2)cc1. The van der Waals surface area contributed by atoms with Crippen LogP contribution >= 0.6 is 0 Å². The van der Waals surface area contributed by atoms with E-state index in [4.69, 9.17) is 5.10 Å². The molecular formula is C30H31N3O3S. The van der Waals surface area contributed by atoms with Gasteiger partial charge in [0.1, 0.15) is 0 Å². The van der Waals surface area contributed by atoms with E-state index in [1.807, 2.05) is 48.5 Å². The summed E-state index contributed by atoms with van der Waals surface area (Å²) in [6.07, 6.45) is 5.08. The molecule has 37 heavy (non-hydrogen) atoms. The lowest BCUT2D eigenvalue weighted by atomic mass is 9.77. The first-order chi connectivity index (χ1) is 17.8. The van der Waals surface area contributed by atoms with Crippen LogP contribution in [-0.2, 0) is 10.0 Å². The third kappa shape index (κ3) is 5.29. The number of fused-ring (bicyclic) bond motifs is 1. The number of carbonyl (C=O) groups is 1. The highest BCUT2D eigenvalue weighted by Gasteiger charge is 2.43. The second-order valence-electron chi connectivity index (χ2n) is 9.87. The Hall–Kier alpha value is -3.55. The maximum atomic E-state index is 13.8. The molecule has 1 aliphatic heterocycles. The smallest absolute Gasteiger partial charge is 0.267 e. The van der Waals surface area contributed by atoms with Crippen molar-refractivity contribution < 1.29 is 13.2 Å². The normalized spacial score (nSPS) is 20.7. The number of amides is 1. The molecule has 0 bridgehead atoms. The Morgan fingerprint density at radius 1 is 0.973 bits per heavy atom. The highest BCUT2D eigenvalue weighted by molar-refractivity contribution is 7.89. The molecule has 190 valence electrons. The van der Waals surface area contributed by atoms with E-state index in [9.17, 15) is 13.2 Å². The lowest BCUT2D eigenvalue weighted by Gasteiger charge is -2.29. The van der Waals surface area contributed by atoms with Gasteiger partial charge in [-0.15, -0.1) is 0 Å². The molecular weight excluding hydrogens is 482 g/mol. The quantitative estimate of drug-likeness (QED) is 0.452. The van der Waals surface area contributed by atoms with Gasteiger partial charge in [-0.25, -0.2) is 18.1 Å². The van der Waals surface area contributed by atoms with Gasteiger partial charge in [0.25, 0.3) is 5.91 Å². The second-order valence-corrected chi connectivity index (χ2v) is 11.6. The van der Waals surface area contributed by atoms with Crippen molar-refractivity contribution in [3.63, 3.8) is 0 Å². The largest absolute Gasteiger partial charge is 0.274 e. The minimum atomic E-state index is -3.64. The molecule has 1 fully saturated rings. The van der Waals surface area contributed by atoms with Crippen molar-refractivity contribution in [2.24, 2.45) is 11.0 Å². The van der Waals surface area contributed by atoms with Crippen LogP contribution in [0.25, 0.3) is 6.08 Å². The molecule has 5 rings (SSSR count). The first kappa shape index (κ1) is 25.1. The summed E-state index contributed by atoms with van der Waals surface area (Å²) in [5.41, 5.74) is 4.70. The molecule has 3 aromatic rings.